The molecule has 0 N–H and O–H groups in total. The molecule has 6 aliphatic rings. The van der Waals surface area contributed by atoms with Gasteiger partial charge in [0.25, 0.3) is 0 Å². The van der Waals surface area contributed by atoms with Crippen LogP contribution >= 0.6 is 0 Å². The topological polar surface area (TPSA) is 13.0 Å². The molecule has 9 aromatic carbocycles. The lowest BCUT2D eigenvalue weighted by Crippen LogP contribution is -2.60. The van der Waals surface area contributed by atoms with Crippen LogP contribution in [0.2, 0.25) is 0 Å². The van der Waals surface area contributed by atoms with Crippen molar-refractivity contribution < 1.29 is 0 Å². The van der Waals surface area contributed by atoms with E-state index >= 15 is 0 Å². The fourth-order valence-electron chi connectivity index (χ4n) is 14.4. The predicted octanol–water partition coefficient (Wildman–Crippen LogP) is 18.8. The summed E-state index contributed by atoms with van der Waals surface area (Å²) in [5.41, 5.74) is 25.1. The molecular formula is C71H58N4. The monoisotopic (exact) mass is 966 g/mol. The summed E-state index contributed by atoms with van der Waals surface area (Å²) >= 11 is 0. The Morgan fingerprint density at radius 2 is 0.853 bits per heavy atom. The van der Waals surface area contributed by atoms with Gasteiger partial charge < -0.3 is 19.6 Å². The maximum absolute atomic E-state index is 2.58. The molecule has 1 fully saturated rings. The minimum atomic E-state index is -0.312. The van der Waals surface area contributed by atoms with E-state index in [1.165, 1.54) is 133 Å². The summed E-state index contributed by atoms with van der Waals surface area (Å²) in [6.45, 7) is 7.21. The minimum absolute atomic E-state index is 0.00219. The van der Waals surface area contributed by atoms with Crippen LogP contribution in [0.1, 0.15) is 79.8 Å². The van der Waals surface area contributed by atoms with Gasteiger partial charge in [-0.1, -0.05) is 184 Å². The van der Waals surface area contributed by atoms with Gasteiger partial charge in [0, 0.05) is 33.6 Å². The van der Waals surface area contributed by atoms with Crippen LogP contribution in [0.15, 0.2) is 231 Å². The Morgan fingerprint density at radius 3 is 1.47 bits per heavy atom. The van der Waals surface area contributed by atoms with Gasteiger partial charge in [0.2, 0.25) is 0 Å². The van der Waals surface area contributed by atoms with Crippen LogP contribution in [0.3, 0.4) is 0 Å². The van der Waals surface area contributed by atoms with Crippen molar-refractivity contribution in [2.24, 2.45) is 0 Å². The third-order valence-electron chi connectivity index (χ3n) is 17.8. The summed E-state index contributed by atoms with van der Waals surface area (Å²) in [6.07, 6.45) is 18.7. The molecular weight excluding hydrogens is 909 g/mol. The van der Waals surface area contributed by atoms with E-state index in [9.17, 15) is 0 Å². The molecule has 4 heteroatoms. The second kappa shape index (κ2) is 16.5. The fraction of sp³-hybridized carbons (Fsp3) is 0.155. The molecule has 4 aliphatic carbocycles. The highest BCUT2D eigenvalue weighted by Gasteiger charge is 2.49. The van der Waals surface area contributed by atoms with E-state index in [4.69, 9.17) is 0 Å². The maximum atomic E-state index is 2.58. The maximum Gasteiger partial charge on any atom is 0.0851 e. The number of hydrogen-bond donors (Lipinski definition) is 0. The van der Waals surface area contributed by atoms with Crippen molar-refractivity contribution in [1.82, 2.24) is 0 Å². The molecule has 362 valence electrons. The number of benzene rings is 9. The highest BCUT2D eigenvalue weighted by atomic mass is 15.3. The summed E-state index contributed by atoms with van der Waals surface area (Å²) in [5.74, 6) is 0. The summed E-state index contributed by atoms with van der Waals surface area (Å²) in [4.78, 5) is 10.0. The van der Waals surface area contributed by atoms with Gasteiger partial charge in [0.05, 0.1) is 45.7 Å². The Hall–Kier alpha value is -8.60. The molecule has 2 atom stereocenters. The third kappa shape index (κ3) is 6.42. The lowest BCUT2D eigenvalue weighted by atomic mass is 9.76. The SMILES string of the molecule is CC1(C)c2cc(C=Cc3ccc4c(c3)C3(CCCC3)c3cc(N5c6ccccc6N(c6ccccc6)c6ccccc65)ccc3-4)ccc2-c2ccc(N3c4ccccc4N(c4ccccc4)C4(C)C=CC=CC34)cc21. The average molecular weight is 967 g/mol. The quantitative estimate of drug-likeness (QED) is 0.154. The predicted molar refractivity (Wildman–Crippen MR) is 315 cm³/mol. The van der Waals surface area contributed by atoms with Gasteiger partial charge in [0.15, 0.2) is 0 Å². The Balaban J connectivity index is 0.744. The summed E-state index contributed by atoms with van der Waals surface area (Å²) in [5, 5.41) is 0. The molecule has 0 saturated heterocycles. The number of hydrogen-bond acceptors (Lipinski definition) is 4. The van der Waals surface area contributed by atoms with E-state index in [0.29, 0.717) is 0 Å². The minimum Gasteiger partial charge on any atom is -0.330 e. The zero-order valence-electron chi connectivity index (χ0n) is 42.8. The molecule has 0 amide bonds. The van der Waals surface area contributed by atoms with E-state index < -0.39 is 0 Å². The van der Waals surface area contributed by atoms with Crippen LogP contribution in [0.5, 0.6) is 0 Å². The molecule has 0 aromatic heterocycles. The van der Waals surface area contributed by atoms with Crippen LogP contribution in [0.4, 0.5) is 56.9 Å². The van der Waals surface area contributed by atoms with Crippen LogP contribution < -0.4 is 19.6 Å². The second-order valence-corrected chi connectivity index (χ2v) is 22.2. The molecule has 9 aromatic rings. The van der Waals surface area contributed by atoms with E-state index in [-0.39, 0.29) is 22.4 Å². The van der Waals surface area contributed by atoms with Crippen molar-refractivity contribution >= 4 is 69.0 Å². The number of para-hydroxylation sites is 8. The van der Waals surface area contributed by atoms with Crippen molar-refractivity contribution in [2.45, 2.75) is 68.9 Å². The zero-order chi connectivity index (χ0) is 50.0. The van der Waals surface area contributed by atoms with E-state index in [1.807, 2.05) is 0 Å². The van der Waals surface area contributed by atoms with E-state index in [1.54, 1.807) is 0 Å². The molecule has 1 saturated carbocycles. The van der Waals surface area contributed by atoms with Crippen molar-refractivity contribution in [2.75, 3.05) is 19.6 Å². The standard InChI is InChI=1S/C71H58N4/c1-69(2)58-44-48(33-37-54(58)55-39-36-53(46-59(55)69)74-66-28-14-15-29-67(66)75(51-22-8-5-9-23-51)70(3)41-17-16-30-68(70)74)31-32-49-34-38-56-57-40-35-52(47-61(57)71(60(56)45-49)42-18-19-43-71)73-64-26-12-10-24-62(64)72(50-20-6-4-7-21-50)63-25-11-13-27-65(63)73/h4-17,20-41,44-47,68H,18-19,42-43H2,1-3H3. The van der Waals surface area contributed by atoms with Crippen molar-refractivity contribution in [1.29, 1.82) is 0 Å². The van der Waals surface area contributed by atoms with Crippen LogP contribution in [-0.4, -0.2) is 11.6 Å². The van der Waals surface area contributed by atoms with Crippen LogP contribution in [0, 0.1) is 0 Å². The molecule has 2 unspecified atom stereocenters. The summed E-state index contributed by atoms with van der Waals surface area (Å²) in [7, 11) is 0. The van der Waals surface area contributed by atoms with Gasteiger partial charge in [-0.2, -0.15) is 0 Å². The molecule has 15 rings (SSSR count). The first-order chi connectivity index (χ1) is 36.8. The van der Waals surface area contributed by atoms with E-state index in [2.05, 4.69) is 283 Å². The van der Waals surface area contributed by atoms with Crippen molar-refractivity contribution in [3.05, 3.63) is 264 Å². The molecule has 4 nitrogen and oxygen atoms in total. The molecule has 2 heterocycles. The number of allylic oxidation sites excluding steroid dienone is 2. The fourth-order valence-corrected chi connectivity index (χ4v) is 14.4. The summed E-state index contributed by atoms with van der Waals surface area (Å²) < 4.78 is 0. The van der Waals surface area contributed by atoms with Crippen LogP contribution in [0.25, 0.3) is 34.4 Å². The van der Waals surface area contributed by atoms with Gasteiger partial charge in [-0.3, -0.25) is 0 Å². The molecule has 0 bridgehead atoms. The largest absolute Gasteiger partial charge is 0.330 e. The second-order valence-electron chi connectivity index (χ2n) is 22.2. The van der Waals surface area contributed by atoms with Gasteiger partial charge >= 0.3 is 0 Å². The van der Waals surface area contributed by atoms with Gasteiger partial charge in [-0.05, 0) is 160 Å². The highest BCUT2D eigenvalue weighted by molar-refractivity contribution is 6.02. The Labute approximate surface area is 441 Å². The number of anilines is 10. The Kier molecular flexibility index (Phi) is 9.64. The Morgan fingerprint density at radius 1 is 0.400 bits per heavy atom. The Bertz CT molecular complexity index is 3830. The number of fused-ring (bicyclic) bond motifs is 12. The first-order valence-electron chi connectivity index (χ1n) is 27.0. The van der Waals surface area contributed by atoms with Gasteiger partial charge in [0.1, 0.15) is 0 Å². The van der Waals surface area contributed by atoms with Crippen LogP contribution in [-0.2, 0) is 10.8 Å². The molecule has 75 heavy (non-hydrogen) atoms. The lowest BCUT2D eigenvalue weighted by Gasteiger charge is -2.55. The number of rotatable bonds is 6. The molecule has 1 spiro atoms. The van der Waals surface area contributed by atoms with Gasteiger partial charge in [-0.25, -0.2) is 0 Å². The molecule has 2 aliphatic heterocycles. The average Bonchev–Trinajstić information content (AvgIpc) is 4.15. The lowest BCUT2D eigenvalue weighted by molar-refractivity contribution is 0.479. The third-order valence-corrected chi connectivity index (χ3v) is 17.8. The smallest absolute Gasteiger partial charge is 0.0851 e. The normalized spacial score (nSPS) is 19.6. The molecule has 0 radical (unpaired) electrons. The van der Waals surface area contributed by atoms with Gasteiger partial charge in [-0.15, -0.1) is 0 Å². The van der Waals surface area contributed by atoms with E-state index in [0.717, 1.165) is 5.69 Å². The summed E-state index contributed by atoms with van der Waals surface area (Å²) in [6, 6.07) is 77.3. The number of nitrogens with zero attached hydrogens (tertiary/aromatic N) is 4. The highest BCUT2D eigenvalue weighted by Crippen LogP contribution is 2.61. The van der Waals surface area contributed by atoms with Crippen molar-refractivity contribution in [3.63, 3.8) is 0 Å². The zero-order valence-corrected chi connectivity index (χ0v) is 42.8. The first kappa shape index (κ1) is 43.9. The first-order valence-corrected chi connectivity index (χ1v) is 27.0. The van der Waals surface area contributed by atoms with Crippen molar-refractivity contribution in [3.8, 4) is 22.3 Å².